The fraction of sp³-hybridized carbons (Fsp3) is 0.214. The van der Waals surface area contributed by atoms with E-state index in [1.165, 1.54) is 11.3 Å². The minimum absolute atomic E-state index is 0.00179. The molecular weight excluding hydrogens is 272 g/mol. The summed E-state index contributed by atoms with van der Waals surface area (Å²) in [7, 11) is 0. The van der Waals surface area contributed by atoms with E-state index in [0.717, 1.165) is 22.8 Å². The topological polar surface area (TPSA) is 59.8 Å². The van der Waals surface area contributed by atoms with E-state index in [-0.39, 0.29) is 5.56 Å². The van der Waals surface area contributed by atoms with E-state index < -0.39 is 0 Å². The molecule has 3 aromatic rings. The fourth-order valence-electron chi connectivity index (χ4n) is 2.05. The second-order valence-corrected chi connectivity index (χ2v) is 5.29. The first kappa shape index (κ1) is 12.8. The van der Waals surface area contributed by atoms with Gasteiger partial charge in [-0.1, -0.05) is 0 Å². The van der Waals surface area contributed by atoms with Gasteiger partial charge in [-0.15, -0.1) is 11.3 Å². The van der Waals surface area contributed by atoms with Gasteiger partial charge in [0.05, 0.1) is 18.3 Å². The van der Waals surface area contributed by atoms with Crippen molar-refractivity contribution < 1.29 is 0 Å². The summed E-state index contributed by atoms with van der Waals surface area (Å²) in [5.41, 5.74) is 1.02. The van der Waals surface area contributed by atoms with Crippen LogP contribution in [0.1, 0.15) is 12.5 Å². The lowest BCUT2D eigenvalue weighted by molar-refractivity contribution is 0.748. The van der Waals surface area contributed by atoms with Crippen LogP contribution in [0.15, 0.2) is 40.9 Å². The first-order valence-corrected chi connectivity index (χ1v) is 7.27. The van der Waals surface area contributed by atoms with Gasteiger partial charge in [0.2, 0.25) is 0 Å². The SMILES string of the molecule is CCNc1cc(Cn2cnc3sccc3c2=O)ccn1. The summed E-state index contributed by atoms with van der Waals surface area (Å²) < 4.78 is 1.63. The number of hydrogen-bond donors (Lipinski definition) is 1. The number of aromatic nitrogens is 3. The second-order valence-electron chi connectivity index (χ2n) is 4.40. The van der Waals surface area contributed by atoms with Gasteiger partial charge < -0.3 is 5.32 Å². The average Bonchev–Trinajstić information content (AvgIpc) is 2.92. The number of pyridine rings is 1. The van der Waals surface area contributed by atoms with Crippen molar-refractivity contribution in [3.63, 3.8) is 0 Å². The van der Waals surface area contributed by atoms with Gasteiger partial charge >= 0.3 is 0 Å². The molecule has 0 aliphatic carbocycles. The Morgan fingerprint density at radius 1 is 1.35 bits per heavy atom. The Bertz CT molecular complexity index is 793. The van der Waals surface area contributed by atoms with Crippen LogP contribution in [0.5, 0.6) is 0 Å². The van der Waals surface area contributed by atoms with Crippen molar-refractivity contribution in [3.8, 4) is 0 Å². The highest BCUT2D eigenvalue weighted by Crippen LogP contribution is 2.14. The molecule has 0 aliphatic heterocycles. The molecular formula is C14H14N4OS. The molecule has 6 heteroatoms. The number of anilines is 1. The van der Waals surface area contributed by atoms with Gasteiger partial charge in [-0.25, -0.2) is 9.97 Å². The van der Waals surface area contributed by atoms with Gasteiger partial charge in [0, 0.05) is 12.7 Å². The summed E-state index contributed by atoms with van der Waals surface area (Å²) in [6.07, 6.45) is 3.35. The first-order valence-electron chi connectivity index (χ1n) is 6.39. The number of nitrogens with zero attached hydrogens (tertiary/aromatic N) is 3. The summed E-state index contributed by atoms with van der Waals surface area (Å²) in [6.45, 7) is 3.34. The minimum Gasteiger partial charge on any atom is -0.370 e. The molecule has 0 saturated carbocycles. The average molecular weight is 286 g/mol. The predicted octanol–water partition coefficient (Wildman–Crippen LogP) is 2.33. The van der Waals surface area contributed by atoms with Crippen LogP contribution >= 0.6 is 11.3 Å². The maximum atomic E-state index is 12.3. The lowest BCUT2D eigenvalue weighted by Crippen LogP contribution is -2.20. The normalized spacial score (nSPS) is 10.8. The Balaban J connectivity index is 1.94. The monoisotopic (exact) mass is 286 g/mol. The number of rotatable bonds is 4. The van der Waals surface area contributed by atoms with Crippen molar-refractivity contribution in [1.29, 1.82) is 0 Å². The van der Waals surface area contributed by atoms with Crippen LogP contribution in [-0.2, 0) is 6.54 Å². The van der Waals surface area contributed by atoms with Crippen LogP contribution in [-0.4, -0.2) is 21.1 Å². The Labute approximate surface area is 119 Å². The van der Waals surface area contributed by atoms with E-state index in [4.69, 9.17) is 0 Å². The Hall–Kier alpha value is -2.21. The molecule has 0 spiro atoms. The zero-order valence-corrected chi connectivity index (χ0v) is 11.9. The molecule has 0 atom stereocenters. The van der Waals surface area contributed by atoms with E-state index >= 15 is 0 Å². The van der Waals surface area contributed by atoms with Crippen LogP contribution in [0.25, 0.3) is 10.2 Å². The van der Waals surface area contributed by atoms with Gasteiger partial charge in [-0.3, -0.25) is 9.36 Å². The Morgan fingerprint density at radius 2 is 2.25 bits per heavy atom. The maximum Gasteiger partial charge on any atom is 0.262 e. The highest BCUT2D eigenvalue weighted by atomic mass is 32.1. The summed E-state index contributed by atoms with van der Waals surface area (Å²) in [6, 6.07) is 5.68. The van der Waals surface area contributed by atoms with Crippen LogP contribution in [0.4, 0.5) is 5.82 Å². The Morgan fingerprint density at radius 3 is 3.10 bits per heavy atom. The molecule has 5 nitrogen and oxygen atoms in total. The quantitative estimate of drug-likeness (QED) is 0.799. The van der Waals surface area contributed by atoms with Crippen molar-refractivity contribution in [2.45, 2.75) is 13.5 Å². The second kappa shape index (κ2) is 5.42. The molecule has 0 bridgehead atoms. The number of fused-ring (bicyclic) bond motifs is 1. The highest BCUT2D eigenvalue weighted by Gasteiger charge is 2.06. The third-order valence-electron chi connectivity index (χ3n) is 2.99. The lowest BCUT2D eigenvalue weighted by atomic mass is 10.2. The van der Waals surface area contributed by atoms with Gasteiger partial charge in [-0.05, 0) is 36.1 Å². The molecule has 0 fully saturated rings. The van der Waals surface area contributed by atoms with E-state index in [0.29, 0.717) is 11.9 Å². The number of nitrogens with one attached hydrogen (secondary N) is 1. The van der Waals surface area contributed by atoms with E-state index in [1.54, 1.807) is 17.1 Å². The Kier molecular flexibility index (Phi) is 3.47. The van der Waals surface area contributed by atoms with Gasteiger partial charge in [0.15, 0.2) is 0 Å². The third kappa shape index (κ3) is 2.42. The maximum absolute atomic E-state index is 12.3. The summed E-state index contributed by atoms with van der Waals surface area (Å²) in [5, 5.41) is 5.73. The third-order valence-corrected chi connectivity index (χ3v) is 3.81. The smallest absolute Gasteiger partial charge is 0.262 e. The first-order chi connectivity index (χ1) is 9.78. The molecule has 0 radical (unpaired) electrons. The summed E-state index contributed by atoms with van der Waals surface area (Å²) in [5.74, 6) is 0.822. The van der Waals surface area contributed by atoms with Crippen LogP contribution in [0, 0.1) is 0 Å². The molecule has 0 aromatic carbocycles. The van der Waals surface area contributed by atoms with E-state index in [2.05, 4.69) is 15.3 Å². The van der Waals surface area contributed by atoms with Crippen molar-refractivity contribution in [1.82, 2.24) is 14.5 Å². The lowest BCUT2D eigenvalue weighted by Gasteiger charge is -2.07. The van der Waals surface area contributed by atoms with Gasteiger partial charge in [-0.2, -0.15) is 0 Å². The summed E-state index contributed by atoms with van der Waals surface area (Å²) >= 11 is 1.48. The fourth-order valence-corrected chi connectivity index (χ4v) is 2.78. The van der Waals surface area contributed by atoms with Gasteiger partial charge in [0.1, 0.15) is 10.6 Å². The van der Waals surface area contributed by atoms with Crippen LogP contribution in [0.2, 0.25) is 0 Å². The summed E-state index contributed by atoms with van der Waals surface area (Å²) in [4.78, 5) is 21.6. The number of thiophene rings is 1. The van der Waals surface area contributed by atoms with Crippen LogP contribution in [0.3, 0.4) is 0 Å². The van der Waals surface area contributed by atoms with E-state index in [1.807, 2.05) is 30.5 Å². The molecule has 3 aromatic heterocycles. The molecule has 102 valence electrons. The molecule has 3 rings (SSSR count). The van der Waals surface area contributed by atoms with Crippen molar-refractivity contribution in [2.75, 3.05) is 11.9 Å². The standard InChI is InChI=1S/C14H14N4OS/c1-2-15-12-7-10(3-5-16-12)8-18-9-17-13-11(14(18)19)4-6-20-13/h3-7,9H,2,8H2,1H3,(H,15,16). The number of hydrogen-bond acceptors (Lipinski definition) is 5. The van der Waals surface area contributed by atoms with E-state index in [9.17, 15) is 4.79 Å². The predicted molar refractivity (Wildman–Crippen MR) is 81.4 cm³/mol. The van der Waals surface area contributed by atoms with Gasteiger partial charge in [0.25, 0.3) is 5.56 Å². The van der Waals surface area contributed by atoms with Crippen molar-refractivity contribution in [2.24, 2.45) is 0 Å². The zero-order valence-electron chi connectivity index (χ0n) is 11.0. The molecule has 1 N–H and O–H groups in total. The molecule has 3 heterocycles. The van der Waals surface area contributed by atoms with Crippen LogP contribution < -0.4 is 10.9 Å². The molecule has 0 saturated heterocycles. The molecule has 0 amide bonds. The van der Waals surface area contributed by atoms with Crippen molar-refractivity contribution in [3.05, 3.63) is 52.0 Å². The molecule has 20 heavy (non-hydrogen) atoms. The molecule has 0 unspecified atom stereocenters. The minimum atomic E-state index is -0.00179. The largest absolute Gasteiger partial charge is 0.370 e. The zero-order chi connectivity index (χ0) is 13.9. The molecule has 0 aliphatic rings. The highest BCUT2D eigenvalue weighted by molar-refractivity contribution is 7.16. The van der Waals surface area contributed by atoms with Crippen molar-refractivity contribution >= 4 is 27.4 Å².